The second-order valence-corrected chi connectivity index (χ2v) is 7.35. The van der Waals surface area contributed by atoms with Crippen molar-refractivity contribution in [3.05, 3.63) is 41.3 Å². The van der Waals surface area contributed by atoms with E-state index in [1.807, 2.05) is 20.8 Å². The highest BCUT2D eigenvalue weighted by atomic mass is 32.1. The average Bonchev–Trinajstić information content (AvgIpc) is 2.89. The minimum absolute atomic E-state index is 0.114. The summed E-state index contributed by atoms with van der Waals surface area (Å²) in [6.45, 7) is 5.64. The maximum Gasteiger partial charge on any atom is 0.326 e. The van der Waals surface area contributed by atoms with Crippen LogP contribution in [0, 0.1) is 18.7 Å². The number of hydrogen-bond donors (Lipinski definition) is 2. The number of aromatic nitrogens is 2. The number of hydrogen-bond acceptors (Lipinski definition) is 5. The Hall–Kier alpha value is -2.54. The highest BCUT2D eigenvalue weighted by molar-refractivity contribution is 7.19. The Morgan fingerprint density at radius 3 is 2.52 bits per heavy atom. The van der Waals surface area contributed by atoms with Gasteiger partial charge in [0.15, 0.2) is 0 Å². The summed E-state index contributed by atoms with van der Waals surface area (Å²) < 4.78 is 13.3. The Balaban J connectivity index is 2.17. The van der Waals surface area contributed by atoms with Gasteiger partial charge in [-0.3, -0.25) is 0 Å². The summed E-state index contributed by atoms with van der Waals surface area (Å²) in [5.41, 5.74) is 1.75. The maximum absolute atomic E-state index is 13.3. The monoisotopic (exact) mass is 359 g/mol. The van der Waals surface area contributed by atoms with Gasteiger partial charge in [-0.25, -0.2) is 19.2 Å². The fourth-order valence-electron chi connectivity index (χ4n) is 2.78. The molecule has 0 amide bonds. The number of nitrogens with one attached hydrogen (secondary N) is 1. The van der Waals surface area contributed by atoms with Gasteiger partial charge < -0.3 is 10.4 Å². The molecule has 3 rings (SSSR count). The molecular weight excluding hydrogens is 341 g/mol. The molecule has 0 aliphatic carbocycles. The van der Waals surface area contributed by atoms with E-state index >= 15 is 0 Å². The summed E-state index contributed by atoms with van der Waals surface area (Å²) in [5.74, 6) is -0.871. The minimum atomic E-state index is -0.933. The number of aryl methyl sites for hydroxylation is 1. The molecule has 0 fully saturated rings. The van der Waals surface area contributed by atoms with Gasteiger partial charge in [-0.1, -0.05) is 26.0 Å². The largest absolute Gasteiger partial charge is 0.480 e. The molecule has 2 heterocycles. The average molecular weight is 359 g/mol. The zero-order chi connectivity index (χ0) is 18.1. The molecule has 0 radical (unpaired) electrons. The first-order valence-corrected chi connectivity index (χ1v) is 8.69. The topological polar surface area (TPSA) is 75.1 Å². The van der Waals surface area contributed by atoms with Crippen molar-refractivity contribution in [2.24, 2.45) is 5.92 Å². The molecule has 0 aliphatic heterocycles. The highest BCUT2D eigenvalue weighted by Gasteiger charge is 2.24. The lowest BCUT2D eigenvalue weighted by atomic mass is 10.0. The first-order valence-electron chi connectivity index (χ1n) is 7.88. The van der Waals surface area contributed by atoms with Crippen LogP contribution in [0.1, 0.15) is 18.7 Å². The molecule has 0 bridgehead atoms. The zero-order valence-corrected chi connectivity index (χ0v) is 14.9. The molecule has 2 N–H and O–H groups in total. The van der Waals surface area contributed by atoms with Crippen molar-refractivity contribution in [1.82, 2.24) is 9.97 Å². The van der Waals surface area contributed by atoms with Crippen LogP contribution < -0.4 is 5.32 Å². The summed E-state index contributed by atoms with van der Waals surface area (Å²) in [6.07, 6.45) is 1.42. The van der Waals surface area contributed by atoms with Gasteiger partial charge in [-0.05, 0) is 30.5 Å². The Morgan fingerprint density at radius 1 is 1.24 bits per heavy atom. The molecule has 1 aromatic carbocycles. The standard InChI is InChI=1S/C18H18FN3O2S/c1-9(2)15(18(23)24)22-16-14-13(11-4-6-12(19)7-5-11)10(3)25-17(14)21-8-20-16/h4-9,15H,1-3H3,(H,23,24)(H,20,21,22). The van der Waals surface area contributed by atoms with Crippen molar-refractivity contribution in [1.29, 1.82) is 0 Å². The van der Waals surface area contributed by atoms with Crippen molar-refractivity contribution in [2.45, 2.75) is 26.8 Å². The third-order valence-corrected chi connectivity index (χ3v) is 5.04. The number of rotatable bonds is 5. The number of carboxylic acids is 1. The highest BCUT2D eigenvalue weighted by Crippen LogP contribution is 2.40. The van der Waals surface area contributed by atoms with Crippen LogP contribution in [0.15, 0.2) is 30.6 Å². The second-order valence-electron chi connectivity index (χ2n) is 6.15. The van der Waals surface area contributed by atoms with Crippen molar-refractivity contribution >= 4 is 33.3 Å². The number of thiophene rings is 1. The van der Waals surface area contributed by atoms with E-state index < -0.39 is 12.0 Å². The molecule has 0 saturated heterocycles. The molecule has 0 aliphatic rings. The summed E-state index contributed by atoms with van der Waals surface area (Å²) in [5, 5.41) is 13.3. The number of fused-ring (bicyclic) bond motifs is 1. The molecule has 130 valence electrons. The number of benzene rings is 1. The van der Waals surface area contributed by atoms with Gasteiger partial charge in [-0.15, -0.1) is 11.3 Å². The third kappa shape index (κ3) is 3.32. The second kappa shape index (κ2) is 6.76. The zero-order valence-electron chi connectivity index (χ0n) is 14.1. The van der Waals surface area contributed by atoms with Crippen LogP contribution in [0.5, 0.6) is 0 Å². The summed E-state index contributed by atoms with van der Waals surface area (Å²) >= 11 is 1.50. The minimum Gasteiger partial charge on any atom is -0.480 e. The number of nitrogens with zero attached hydrogens (tertiary/aromatic N) is 2. The van der Waals surface area contributed by atoms with Crippen LogP contribution in [0.4, 0.5) is 10.2 Å². The lowest BCUT2D eigenvalue weighted by Crippen LogP contribution is -2.34. The summed E-state index contributed by atoms with van der Waals surface area (Å²) in [7, 11) is 0. The SMILES string of the molecule is Cc1sc2ncnc(NC(C(=O)O)C(C)C)c2c1-c1ccc(F)cc1. The predicted octanol–water partition coefficient (Wildman–Crippen LogP) is 4.33. The predicted molar refractivity (Wildman–Crippen MR) is 97.4 cm³/mol. The Labute approximate surface area is 148 Å². The Kier molecular flexibility index (Phi) is 4.67. The number of halogens is 1. The van der Waals surface area contributed by atoms with Crippen LogP contribution in [-0.2, 0) is 4.79 Å². The fraction of sp³-hybridized carbons (Fsp3) is 0.278. The lowest BCUT2D eigenvalue weighted by molar-refractivity contribution is -0.138. The van der Waals surface area contributed by atoms with Gasteiger partial charge in [-0.2, -0.15) is 0 Å². The molecule has 0 saturated carbocycles. The van der Waals surface area contributed by atoms with Gasteiger partial charge in [0, 0.05) is 10.4 Å². The van der Waals surface area contributed by atoms with Gasteiger partial charge >= 0.3 is 5.97 Å². The number of anilines is 1. The van der Waals surface area contributed by atoms with Gasteiger partial charge in [0.1, 0.15) is 28.8 Å². The summed E-state index contributed by atoms with van der Waals surface area (Å²) in [6, 6.07) is 5.46. The van der Waals surface area contributed by atoms with Crippen LogP contribution in [0.25, 0.3) is 21.3 Å². The van der Waals surface area contributed by atoms with E-state index in [1.54, 1.807) is 12.1 Å². The molecular formula is C18H18FN3O2S. The van der Waals surface area contributed by atoms with Crippen molar-refractivity contribution in [2.75, 3.05) is 5.32 Å². The molecule has 0 spiro atoms. The molecule has 1 atom stereocenters. The fourth-order valence-corrected chi connectivity index (χ4v) is 3.79. The van der Waals surface area contributed by atoms with E-state index in [-0.39, 0.29) is 11.7 Å². The van der Waals surface area contributed by atoms with Gasteiger partial charge in [0.05, 0.1) is 5.39 Å². The van der Waals surface area contributed by atoms with E-state index in [1.165, 1.54) is 29.8 Å². The first-order chi connectivity index (χ1) is 11.9. The molecule has 3 aromatic rings. The Morgan fingerprint density at radius 2 is 1.92 bits per heavy atom. The molecule has 25 heavy (non-hydrogen) atoms. The van der Waals surface area contributed by atoms with E-state index in [9.17, 15) is 14.3 Å². The molecule has 7 heteroatoms. The normalized spacial score (nSPS) is 12.5. The van der Waals surface area contributed by atoms with E-state index in [2.05, 4.69) is 15.3 Å². The molecule has 2 aromatic heterocycles. The van der Waals surface area contributed by atoms with E-state index in [4.69, 9.17) is 0 Å². The molecule has 1 unspecified atom stereocenters. The van der Waals surface area contributed by atoms with E-state index in [0.717, 1.165) is 26.2 Å². The summed E-state index contributed by atoms with van der Waals surface area (Å²) in [4.78, 5) is 21.9. The third-order valence-electron chi connectivity index (χ3n) is 4.02. The smallest absolute Gasteiger partial charge is 0.326 e. The van der Waals surface area contributed by atoms with Crippen LogP contribution in [-0.4, -0.2) is 27.1 Å². The van der Waals surface area contributed by atoms with Crippen molar-refractivity contribution < 1.29 is 14.3 Å². The van der Waals surface area contributed by atoms with E-state index in [0.29, 0.717) is 5.82 Å². The number of aliphatic carboxylic acids is 1. The quantitative estimate of drug-likeness (QED) is 0.709. The van der Waals surface area contributed by atoms with Gasteiger partial charge in [0.2, 0.25) is 0 Å². The number of carbonyl (C=O) groups is 1. The van der Waals surface area contributed by atoms with Crippen molar-refractivity contribution in [3.8, 4) is 11.1 Å². The number of carboxylic acid groups (broad SMARTS) is 1. The van der Waals surface area contributed by atoms with Crippen molar-refractivity contribution in [3.63, 3.8) is 0 Å². The lowest BCUT2D eigenvalue weighted by Gasteiger charge is -2.19. The Bertz CT molecular complexity index is 922. The van der Waals surface area contributed by atoms with Gasteiger partial charge in [0.25, 0.3) is 0 Å². The van der Waals surface area contributed by atoms with Crippen LogP contribution in [0.2, 0.25) is 0 Å². The van der Waals surface area contributed by atoms with Crippen LogP contribution >= 0.6 is 11.3 Å². The maximum atomic E-state index is 13.3. The van der Waals surface area contributed by atoms with Crippen LogP contribution in [0.3, 0.4) is 0 Å². The molecule has 5 nitrogen and oxygen atoms in total. The first kappa shape index (κ1) is 17.3.